The van der Waals surface area contributed by atoms with Crippen LogP contribution in [0.25, 0.3) is 0 Å². The molecule has 3 aromatic carbocycles. The highest BCUT2D eigenvalue weighted by Gasteiger charge is 2.18. The first-order chi connectivity index (χ1) is 15.6. The number of anilines is 1. The standard InChI is InChI=1S/C25H20FN3OS2/c1-17-11-13-18(14-12-17)16-31-25-27-15-22(32-19-7-3-2-4-8-19)23(29-25)24(30)28-21-10-6-5-9-20(21)26/h2-15H,16H2,1H3,(H,28,30). The Kier molecular flexibility index (Phi) is 7.19. The Hall–Kier alpha value is -3.16. The summed E-state index contributed by atoms with van der Waals surface area (Å²) in [6, 6.07) is 24.0. The number of carbonyl (C=O) groups excluding carboxylic acids is 1. The number of hydrogen-bond acceptors (Lipinski definition) is 5. The number of aryl methyl sites for hydroxylation is 1. The molecular weight excluding hydrogens is 441 g/mol. The molecule has 4 aromatic rings. The summed E-state index contributed by atoms with van der Waals surface area (Å²) >= 11 is 2.84. The monoisotopic (exact) mass is 461 g/mol. The normalized spacial score (nSPS) is 10.7. The first kappa shape index (κ1) is 22.0. The molecule has 1 amide bonds. The zero-order valence-electron chi connectivity index (χ0n) is 17.3. The van der Waals surface area contributed by atoms with Crippen LogP contribution in [0.4, 0.5) is 10.1 Å². The van der Waals surface area contributed by atoms with Gasteiger partial charge in [-0.05, 0) is 36.8 Å². The Bertz CT molecular complexity index is 1220. The molecule has 0 unspecified atom stereocenters. The smallest absolute Gasteiger partial charge is 0.275 e. The predicted molar refractivity (Wildman–Crippen MR) is 128 cm³/mol. The van der Waals surface area contributed by atoms with Crippen LogP contribution in [0.1, 0.15) is 21.6 Å². The highest BCUT2D eigenvalue weighted by Crippen LogP contribution is 2.31. The van der Waals surface area contributed by atoms with Crippen molar-refractivity contribution in [1.29, 1.82) is 0 Å². The molecule has 4 nitrogen and oxygen atoms in total. The van der Waals surface area contributed by atoms with Crippen LogP contribution >= 0.6 is 23.5 Å². The summed E-state index contributed by atoms with van der Waals surface area (Å²) in [6.45, 7) is 2.05. The van der Waals surface area contributed by atoms with E-state index in [1.807, 2.05) is 37.3 Å². The van der Waals surface area contributed by atoms with Crippen LogP contribution in [-0.4, -0.2) is 15.9 Å². The molecule has 0 radical (unpaired) electrons. The van der Waals surface area contributed by atoms with Crippen molar-refractivity contribution < 1.29 is 9.18 Å². The van der Waals surface area contributed by atoms with Crippen molar-refractivity contribution in [1.82, 2.24) is 9.97 Å². The second-order valence-corrected chi connectivity index (χ2v) is 9.05. The Balaban J connectivity index is 1.60. The van der Waals surface area contributed by atoms with Crippen molar-refractivity contribution in [3.63, 3.8) is 0 Å². The van der Waals surface area contributed by atoms with Crippen LogP contribution < -0.4 is 5.32 Å². The lowest BCUT2D eigenvalue weighted by Crippen LogP contribution is -2.16. The topological polar surface area (TPSA) is 54.9 Å². The average molecular weight is 462 g/mol. The number of amides is 1. The molecule has 0 saturated carbocycles. The molecule has 0 aliphatic carbocycles. The van der Waals surface area contributed by atoms with Gasteiger partial charge in [-0.25, -0.2) is 14.4 Å². The van der Waals surface area contributed by atoms with E-state index < -0.39 is 11.7 Å². The van der Waals surface area contributed by atoms with E-state index in [9.17, 15) is 9.18 Å². The van der Waals surface area contributed by atoms with Gasteiger partial charge in [0.15, 0.2) is 5.16 Å². The molecule has 32 heavy (non-hydrogen) atoms. The number of hydrogen-bond donors (Lipinski definition) is 1. The molecule has 160 valence electrons. The maximum atomic E-state index is 14.1. The highest BCUT2D eigenvalue weighted by molar-refractivity contribution is 7.99. The molecule has 1 aromatic heterocycles. The van der Waals surface area contributed by atoms with Crippen LogP contribution in [-0.2, 0) is 5.75 Å². The molecule has 0 saturated heterocycles. The van der Waals surface area contributed by atoms with Crippen LogP contribution in [0.3, 0.4) is 0 Å². The van der Waals surface area contributed by atoms with Gasteiger partial charge in [0.25, 0.3) is 5.91 Å². The van der Waals surface area contributed by atoms with Crippen molar-refractivity contribution in [3.05, 3.63) is 108 Å². The summed E-state index contributed by atoms with van der Waals surface area (Å²) in [5.74, 6) is -0.297. The SMILES string of the molecule is Cc1ccc(CSc2ncc(Sc3ccccc3)c(C(=O)Nc3ccccc3F)n2)cc1. The van der Waals surface area contributed by atoms with E-state index in [1.54, 1.807) is 18.3 Å². The van der Waals surface area contributed by atoms with Gasteiger partial charge >= 0.3 is 0 Å². The summed E-state index contributed by atoms with van der Waals surface area (Å²) in [4.78, 5) is 23.6. The third-order valence-electron chi connectivity index (χ3n) is 4.53. The fourth-order valence-corrected chi connectivity index (χ4v) is 4.51. The van der Waals surface area contributed by atoms with E-state index in [4.69, 9.17) is 0 Å². The number of nitrogens with one attached hydrogen (secondary N) is 1. The Labute approximate surface area is 194 Å². The third kappa shape index (κ3) is 5.75. The second-order valence-electron chi connectivity index (χ2n) is 6.99. The van der Waals surface area contributed by atoms with E-state index in [1.165, 1.54) is 41.2 Å². The minimum absolute atomic E-state index is 0.112. The first-order valence-electron chi connectivity index (χ1n) is 9.92. The third-order valence-corrected chi connectivity index (χ3v) is 6.49. The number of carbonyl (C=O) groups is 1. The molecule has 0 bridgehead atoms. The Morgan fingerprint density at radius 2 is 1.69 bits per heavy atom. The number of para-hydroxylation sites is 1. The number of rotatable bonds is 7. The largest absolute Gasteiger partial charge is 0.318 e. The lowest BCUT2D eigenvalue weighted by atomic mass is 10.2. The van der Waals surface area contributed by atoms with Gasteiger partial charge in [0, 0.05) is 16.8 Å². The van der Waals surface area contributed by atoms with E-state index in [0.717, 1.165) is 10.5 Å². The number of aromatic nitrogens is 2. The second kappa shape index (κ2) is 10.4. The van der Waals surface area contributed by atoms with Crippen molar-refractivity contribution in [3.8, 4) is 0 Å². The van der Waals surface area contributed by atoms with Gasteiger partial charge < -0.3 is 5.32 Å². The van der Waals surface area contributed by atoms with Crippen LogP contribution in [0.15, 0.2) is 100 Å². The maximum Gasteiger partial charge on any atom is 0.275 e. The molecule has 0 aliphatic rings. The number of nitrogens with zero attached hydrogens (tertiary/aromatic N) is 2. The molecule has 0 spiro atoms. The molecule has 4 rings (SSSR count). The van der Waals surface area contributed by atoms with Gasteiger partial charge in [0.2, 0.25) is 0 Å². The van der Waals surface area contributed by atoms with Crippen molar-refractivity contribution in [2.75, 3.05) is 5.32 Å². The molecule has 0 atom stereocenters. The zero-order chi connectivity index (χ0) is 22.3. The quantitative estimate of drug-likeness (QED) is 0.248. The lowest BCUT2D eigenvalue weighted by Gasteiger charge is -2.11. The van der Waals surface area contributed by atoms with Gasteiger partial charge in [-0.3, -0.25) is 4.79 Å². The summed E-state index contributed by atoms with van der Waals surface area (Å²) in [6.07, 6.45) is 1.65. The van der Waals surface area contributed by atoms with Gasteiger partial charge in [-0.15, -0.1) is 0 Å². The van der Waals surface area contributed by atoms with Crippen molar-refractivity contribution >= 4 is 35.1 Å². The van der Waals surface area contributed by atoms with E-state index in [-0.39, 0.29) is 11.4 Å². The first-order valence-corrected chi connectivity index (χ1v) is 11.7. The van der Waals surface area contributed by atoms with Crippen LogP contribution in [0.5, 0.6) is 0 Å². The van der Waals surface area contributed by atoms with Gasteiger partial charge in [0.1, 0.15) is 11.5 Å². The number of halogens is 1. The summed E-state index contributed by atoms with van der Waals surface area (Å²) in [5, 5.41) is 3.12. The van der Waals surface area contributed by atoms with Crippen molar-refractivity contribution in [2.24, 2.45) is 0 Å². The van der Waals surface area contributed by atoms with Crippen LogP contribution in [0.2, 0.25) is 0 Å². The fraction of sp³-hybridized carbons (Fsp3) is 0.0800. The van der Waals surface area contributed by atoms with Gasteiger partial charge in [-0.2, -0.15) is 0 Å². The molecule has 1 N–H and O–H groups in total. The Morgan fingerprint density at radius 3 is 2.44 bits per heavy atom. The minimum Gasteiger partial charge on any atom is -0.318 e. The summed E-state index contributed by atoms with van der Waals surface area (Å²) in [5.41, 5.74) is 2.66. The maximum absolute atomic E-state index is 14.1. The fourth-order valence-electron chi connectivity index (χ4n) is 2.85. The number of thioether (sulfide) groups is 1. The molecule has 1 heterocycles. The molecule has 0 fully saturated rings. The summed E-state index contributed by atoms with van der Waals surface area (Å²) < 4.78 is 14.1. The van der Waals surface area contributed by atoms with E-state index >= 15 is 0 Å². The van der Waals surface area contributed by atoms with E-state index in [2.05, 4.69) is 39.6 Å². The van der Waals surface area contributed by atoms with Crippen LogP contribution in [0, 0.1) is 12.7 Å². The Morgan fingerprint density at radius 1 is 0.969 bits per heavy atom. The lowest BCUT2D eigenvalue weighted by molar-refractivity contribution is 0.101. The highest BCUT2D eigenvalue weighted by atomic mass is 32.2. The average Bonchev–Trinajstić information content (AvgIpc) is 2.81. The van der Waals surface area contributed by atoms with Gasteiger partial charge in [-0.1, -0.05) is 83.7 Å². The summed E-state index contributed by atoms with van der Waals surface area (Å²) in [7, 11) is 0. The minimum atomic E-state index is -0.499. The zero-order valence-corrected chi connectivity index (χ0v) is 18.9. The van der Waals surface area contributed by atoms with Crippen molar-refractivity contribution in [2.45, 2.75) is 27.6 Å². The molecular formula is C25H20FN3OS2. The predicted octanol–water partition coefficient (Wildman–Crippen LogP) is 6.62. The molecule has 7 heteroatoms. The molecule has 0 aliphatic heterocycles. The van der Waals surface area contributed by atoms with E-state index in [0.29, 0.717) is 15.8 Å². The van der Waals surface area contributed by atoms with Gasteiger partial charge in [0.05, 0.1) is 10.6 Å². The number of benzene rings is 3.